The third kappa shape index (κ3) is 4.72. The summed E-state index contributed by atoms with van der Waals surface area (Å²) in [5, 5.41) is 17.2. The zero-order valence-electron chi connectivity index (χ0n) is 19.7. The van der Waals surface area contributed by atoms with Crippen molar-refractivity contribution >= 4 is 45.3 Å². The average Bonchev–Trinajstić information content (AvgIpc) is 3.49. The molecule has 0 aliphatic heterocycles. The monoisotopic (exact) mass is 505 g/mol. The Hall–Kier alpha value is -3.67. The highest BCUT2D eigenvalue weighted by molar-refractivity contribution is 7.21. The van der Waals surface area contributed by atoms with Gasteiger partial charge in [-0.05, 0) is 30.5 Å². The Balaban J connectivity index is 1.52. The molecule has 36 heavy (non-hydrogen) atoms. The lowest BCUT2D eigenvalue weighted by molar-refractivity contribution is 0.0710. The van der Waals surface area contributed by atoms with E-state index >= 15 is 0 Å². The standard InChI is InChI=1S/C25H25N6O4S/c1-34-21-10-15(7-8-26-21)28-25-27-11-16(24-30-18-5-3-4-6-20(18)36-24)23(31-25)29-19-9-14(12-32)17(13-33)22(19)35-2/h3-8,10-11,14,17,19,22,32H,9,12H2,1-2H3,(H2,26,27,28,29,31)/t14-,17+,19+,22-/m0/s1. The number of carbonyl (C=O) groups excluding carboxylic acids is 1. The quantitative estimate of drug-likeness (QED) is 0.311. The number of hydrogen-bond acceptors (Lipinski definition) is 11. The Bertz CT molecular complexity index is 1330. The van der Waals surface area contributed by atoms with Crippen LogP contribution in [0.3, 0.4) is 0 Å². The zero-order chi connectivity index (χ0) is 25.1. The summed E-state index contributed by atoms with van der Waals surface area (Å²) < 4.78 is 11.9. The second kappa shape index (κ2) is 10.5. The number of hydrogen-bond donors (Lipinski definition) is 3. The van der Waals surface area contributed by atoms with Crippen LogP contribution in [0.1, 0.15) is 6.42 Å². The molecule has 0 amide bonds. The zero-order valence-corrected chi connectivity index (χ0v) is 20.5. The van der Waals surface area contributed by atoms with E-state index < -0.39 is 12.0 Å². The number of nitrogens with zero attached hydrogens (tertiary/aromatic N) is 4. The first-order valence-corrected chi connectivity index (χ1v) is 12.2. The van der Waals surface area contributed by atoms with Crippen LogP contribution in [0.25, 0.3) is 20.8 Å². The SMILES string of the molecule is COc1cc(Nc2ncc(-c3nc4ccccc4s3)c(N[C@@H]3C[C@@H](CO)[C@@H]([C]=O)[C@@H]3OC)n2)ccn1. The van der Waals surface area contributed by atoms with E-state index in [1.807, 2.05) is 24.3 Å². The fraction of sp³-hybridized carbons (Fsp3) is 0.320. The van der Waals surface area contributed by atoms with Gasteiger partial charge in [0.1, 0.15) is 10.8 Å². The fourth-order valence-corrected chi connectivity index (χ4v) is 5.50. The fourth-order valence-electron chi connectivity index (χ4n) is 4.53. The summed E-state index contributed by atoms with van der Waals surface area (Å²) in [4.78, 5) is 29.8. The van der Waals surface area contributed by atoms with E-state index in [2.05, 4.69) is 26.9 Å². The number of ether oxygens (including phenoxy) is 2. The Morgan fingerprint density at radius 3 is 2.81 bits per heavy atom. The summed E-state index contributed by atoms with van der Waals surface area (Å²) in [7, 11) is 3.11. The molecular weight excluding hydrogens is 480 g/mol. The lowest BCUT2D eigenvalue weighted by Crippen LogP contribution is -2.35. The molecule has 0 spiro atoms. The van der Waals surface area contributed by atoms with E-state index in [9.17, 15) is 9.90 Å². The van der Waals surface area contributed by atoms with Crippen LogP contribution in [0.5, 0.6) is 5.88 Å². The summed E-state index contributed by atoms with van der Waals surface area (Å²) in [6, 6.07) is 11.2. The minimum atomic E-state index is -0.535. The molecule has 11 heteroatoms. The van der Waals surface area contributed by atoms with Crippen LogP contribution >= 0.6 is 11.3 Å². The number of pyridine rings is 1. The van der Waals surface area contributed by atoms with Gasteiger partial charge in [0.05, 0.1) is 41.0 Å². The molecule has 1 saturated carbocycles. The highest BCUT2D eigenvalue weighted by atomic mass is 32.1. The number of methoxy groups -OCH3 is 2. The van der Waals surface area contributed by atoms with Crippen molar-refractivity contribution in [2.75, 3.05) is 31.5 Å². The normalized spacial score (nSPS) is 21.4. The van der Waals surface area contributed by atoms with Gasteiger partial charge in [0.25, 0.3) is 0 Å². The van der Waals surface area contributed by atoms with Gasteiger partial charge in [-0.15, -0.1) is 11.3 Å². The summed E-state index contributed by atoms with van der Waals surface area (Å²) in [5.41, 5.74) is 2.33. The van der Waals surface area contributed by atoms with E-state index in [0.717, 1.165) is 20.8 Å². The van der Waals surface area contributed by atoms with E-state index in [0.29, 0.717) is 29.8 Å². The lowest BCUT2D eigenvalue weighted by Gasteiger charge is -2.23. The first-order valence-electron chi connectivity index (χ1n) is 11.4. The third-order valence-corrected chi connectivity index (χ3v) is 7.36. The molecule has 3 heterocycles. The minimum absolute atomic E-state index is 0.122. The molecule has 1 aliphatic carbocycles. The van der Waals surface area contributed by atoms with Gasteiger partial charge in [-0.2, -0.15) is 4.98 Å². The van der Waals surface area contributed by atoms with Gasteiger partial charge in [0.15, 0.2) is 0 Å². The van der Waals surface area contributed by atoms with Crippen molar-refractivity contribution < 1.29 is 19.4 Å². The van der Waals surface area contributed by atoms with E-state index in [1.165, 1.54) is 0 Å². The van der Waals surface area contributed by atoms with Gasteiger partial charge < -0.3 is 25.2 Å². The molecule has 185 valence electrons. The highest BCUT2D eigenvalue weighted by Gasteiger charge is 2.44. The van der Waals surface area contributed by atoms with Crippen LogP contribution in [-0.2, 0) is 9.53 Å². The number of fused-ring (bicyclic) bond motifs is 1. The summed E-state index contributed by atoms with van der Waals surface area (Å²) in [5.74, 6) is 0.582. The smallest absolute Gasteiger partial charge is 0.229 e. The maximum absolute atomic E-state index is 11.6. The van der Waals surface area contributed by atoms with Crippen molar-refractivity contribution in [2.24, 2.45) is 11.8 Å². The van der Waals surface area contributed by atoms with Gasteiger partial charge in [-0.25, -0.2) is 15.0 Å². The molecule has 10 nitrogen and oxygen atoms in total. The van der Waals surface area contributed by atoms with Gasteiger partial charge >= 0.3 is 0 Å². The Morgan fingerprint density at radius 1 is 1.19 bits per heavy atom. The number of benzene rings is 1. The second-order valence-corrected chi connectivity index (χ2v) is 9.46. The molecule has 0 bridgehead atoms. The number of anilines is 3. The van der Waals surface area contributed by atoms with Crippen LogP contribution in [0.2, 0.25) is 0 Å². The van der Waals surface area contributed by atoms with Crippen LogP contribution in [0, 0.1) is 11.8 Å². The molecule has 4 atom stereocenters. The third-order valence-electron chi connectivity index (χ3n) is 6.29. The molecule has 1 aliphatic rings. The van der Waals surface area contributed by atoms with E-state index in [-0.39, 0.29) is 18.6 Å². The Labute approximate surface area is 211 Å². The number of rotatable bonds is 9. The topological polar surface area (TPSA) is 131 Å². The number of aromatic nitrogens is 4. The van der Waals surface area contributed by atoms with Crippen LogP contribution in [-0.4, -0.2) is 64.3 Å². The first kappa shape index (κ1) is 24.0. The molecular formula is C25H25N6O4S. The molecule has 4 aromatic rings. The van der Waals surface area contributed by atoms with Crippen molar-refractivity contribution in [3.05, 3.63) is 48.8 Å². The maximum Gasteiger partial charge on any atom is 0.229 e. The van der Waals surface area contributed by atoms with Crippen molar-refractivity contribution in [2.45, 2.75) is 18.6 Å². The molecule has 0 saturated heterocycles. The van der Waals surface area contributed by atoms with Crippen molar-refractivity contribution in [1.82, 2.24) is 19.9 Å². The number of aliphatic hydroxyl groups is 1. The Kier molecular flexibility index (Phi) is 7.03. The van der Waals surface area contributed by atoms with Gasteiger partial charge in [-0.1, -0.05) is 12.1 Å². The van der Waals surface area contributed by atoms with Crippen molar-refractivity contribution in [3.63, 3.8) is 0 Å². The first-order chi connectivity index (χ1) is 17.6. The van der Waals surface area contributed by atoms with Gasteiger partial charge in [0.2, 0.25) is 18.1 Å². The molecule has 0 unspecified atom stereocenters. The highest BCUT2D eigenvalue weighted by Crippen LogP contribution is 2.38. The molecule has 3 aromatic heterocycles. The number of para-hydroxylation sites is 1. The Morgan fingerprint density at radius 2 is 2.06 bits per heavy atom. The molecule has 1 radical (unpaired) electrons. The predicted molar refractivity (Wildman–Crippen MR) is 137 cm³/mol. The summed E-state index contributed by atoms with van der Waals surface area (Å²) in [6.07, 6.45) is 5.47. The van der Waals surface area contributed by atoms with Gasteiger partial charge in [0, 0.05) is 37.9 Å². The van der Waals surface area contributed by atoms with E-state index in [4.69, 9.17) is 19.4 Å². The van der Waals surface area contributed by atoms with Crippen LogP contribution < -0.4 is 15.4 Å². The van der Waals surface area contributed by atoms with Crippen LogP contribution in [0.4, 0.5) is 17.5 Å². The van der Waals surface area contributed by atoms with Gasteiger partial charge in [-0.3, -0.25) is 4.79 Å². The van der Waals surface area contributed by atoms with E-state index in [1.54, 1.807) is 50.1 Å². The number of nitrogens with one attached hydrogen (secondary N) is 2. The second-order valence-electron chi connectivity index (χ2n) is 8.43. The molecule has 5 rings (SSSR count). The predicted octanol–water partition coefficient (Wildman–Crippen LogP) is 3.43. The summed E-state index contributed by atoms with van der Waals surface area (Å²) >= 11 is 1.54. The average molecular weight is 506 g/mol. The lowest BCUT2D eigenvalue weighted by atomic mass is 9.97. The number of thiazole rings is 1. The van der Waals surface area contributed by atoms with Crippen molar-refractivity contribution in [1.29, 1.82) is 0 Å². The van der Waals surface area contributed by atoms with Crippen LogP contribution in [0.15, 0.2) is 48.8 Å². The molecule has 1 fully saturated rings. The molecule has 1 aromatic carbocycles. The molecule has 3 N–H and O–H groups in total. The number of aliphatic hydroxyl groups excluding tert-OH is 1. The maximum atomic E-state index is 11.6. The minimum Gasteiger partial charge on any atom is -0.481 e. The van der Waals surface area contributed by atoms with Crippen molar-refractivity contribution in [3.8, 4) is 16.5 Å². The largest absolute Gasteiger partial charge is 0.481 e. The summed E-state index contributed by atoms with van der Waals surface area (Å²) in [6.45, 7) is -0.122.